The van der Waals surface area contributed by atoms with Crippen LogP contribution in [0.3, 0.4) is 0 Å². The molecule has 0 aromatic rings. The van der Waals surface area contributed by atoms with Crippen LogP contribution in [0.1, 0.15) is 25.7 Å². The maximum absolute atomic E-state index is 3.26. The first kappa shape index (κ1) is 5.17. The van der Waals surface area contributed by atoms with Gasteiger partial charge in [0, 0.05) is 0 Å². The molecule has 0 aromatic carbocycles. The summed E-state index contributed by atoms with van der Waals surface area (Å²) in [4.78, 5) is 0. The van der Waals surface area contributed by atoms with Crippen LogP contribution in [0.25, 0.3) is 0 Å². The molecule has 1 aliphatic carbocycles. The Hall–Kier alpha value is 0.0249. The largest absolute Gasteiger partial charge is 0.359 e. The zero-order valence-corrected chi connectivity index (χ0v) is 4.91. The van der Waals surface area contributed by atoms with E-state index in [1.165, 1.54) is 25.7 Å². The van der Waals surface area contributed by atoms with Gasteiger partial charge in [0.1, 0.15) is 0 Å². The van der Waals surface area contributed by atoms with Gasteiger partial charge in [0.15, 0.2) is 7.98 Å². The lowest BCUT2D eigenvalue weighted by molar-refractivity contribution is 0.650. The average molecular weight is 97.0 g/mol. The van der Waals surface area contributed by atoms with Crippen LogP contribution in [0.5, 0.6) is 0 Å². The lowest BCUT2D eigenvalue weighted by atomic mass is 10.2. The second-order valence-electron chi connectivity index (χ2n) is 2.27. The van der Waals surface area contributed by atoms with E-state index in [1.54, 1.807) is 0 Å². The number of nitrogens with one attached hydrogen (secondary N) is 1. The molecule has 0 saturated heterocycles. The number of hydrogen-bond donors (Lipinski definition) is 1. The number of hydrogen-bond acceptors (Lipinski definition) is 1. The molecule has 40 valence electrons. The first-order valence-corrected chi connectivity index (χ1v) is 3.11. The summed E-state index contributed by atoms with van der Waals surface area (Å²) in [7, 11) is 2.05. The smallest absolute Gasteiger partial charge is 0.182 e. The van der Waals surface area contributed by atoms with Gasteiger partial charge in [-0.15, -0.1) is 0 Å². The molecule has 0 radical (unpaired) electrons. The SMILES string of the molecule is BNC1CCCC1. The molecule has 1 aliphatic rings. The van der Waals surface area contributed by atoms with Gasteiger partial charge in [-0.05, 0) is 18.9 Å². The normalized spacial score (nSPS) is 23.4. The Labute approximate surface area is 45.9 Å². The van der Waals surface area contributed by atoms with Crippen molar-refractivity contribution in [2.45, 2.75) is 31.7 Å². The van der Waals surface area contributed by atoms with Crippen LogP contribution in [0.2, 0.25) is 0 Å². The third-order valence-corrected chi connectivity index (χ3v) is 1.76. The molecule has 0 bridgehead atoms. The lowest BCUT2D eigenvalue weighted by Gasteiger charge is -2.03. The molecule has 7 heavy (non-hydrogen) atoms. The van der Waals surface area contributed by atoms with Crippen molar-refractivity contribution in [3.63, 3.8) is 0 Å². The third kappa shape index (κ3) is 1.20. The minimum Gasteiger partial charge on any atom is -0.359 e. The predicted molar refractivity (Wildman–Crippen MR) is 33.9 cm³/mol. The van der Waals surface area contributed by atoms with E-state index in [2.05, 4.69) is 13.2 Å². The molecule has 0 aromatic heterocycles. The zero-order chi connectivity index (χ0) is 5.11. The molecule has 1 saturated carbocycles. The molecule has 1 N–H and O–H groups in total. The Morgan fingerprint density at radius 2 is 1.86 bits per heavy atom. The highest BCUT2D eigenvalue weighted by atomic mass is 14.8. The predicted octanol–water partition coefficient (Wildman–Crippen LogP) is 0.0667. The highest BCUT2D eigenvalue weighted by Crippen LogP contribution is 2.16. The second kappa shape index (κ2) is 2.36. The summed E-state index contributed by atoms with van der Waals surface area (Å²) in [5.74, 6) is 0. The van der Waals surface area contributed by atoms with E-state index < -0.39 is 0 Å². The fourth-order valence-corrected chi connectivity index (χ4v) is 1.21. The monoisotopic (exact) mass is 97.1 g/mol. The van der Waals surface area contributed by atoms with Gasteiger partial charge in [0.25, 0.3) is 0 Å². The second-order valence-corrected chi connectivity index (χ2v) is 2.27. The molecular formula is C5H12BN. The minimum absolute atomic E-state index is 0.847. The van der Waals surface area contributed by atoms with Crippen LogP contribution >= 0.6 is 0 Å². The van der Waals surface area contributed by atoms with Crippen molar-refractivity contribution in [2.75, 3.05) is 0 Å². The van der Waals surface area contributed by atoms with Gasteiger partial charge >= 0.3 is 0 Å². The van der Waals surface area contributed by atoms with E-state index in [1.807, 2.05) is 0 Å². The topological polar surface area (TPSA) is 12.0 Å². The first-order chi connectivity index (χ1) is 3.43. The number of rotatable bonds is 1. The standard InChI is InChI=1S/C5H12BN/c6-7-5-3-1-2-4-5/h5,7H,1-4,6H2. The molecule has 1 nitrogen and oxygen atoms in total. The molecule has 0 amide bonds. The van der Waals surface area contributed by atoms with Crippen LogP contribution in [0, 0.1) is 0 Å². The Morgan fingerprint density at radius 3 is 2.14 bits per heavy atom. The van der Waals surface area contributed by atoms with E-state index in [4.69, 9.17) is 0 Å². The summed E-state index contributed by atoms with van der Waals surface area (Å²) in [6.45, 7) is 0. The third-order valence-electron chi connectivity index (χ3n) is 1.76. The van der Waals surface area contributed by atoms with Crippen molar-refractivity contribution >= 4 is 7.98 Å². The van der Waals surface area contributed by atoms with E-state index >= 15 is 0 Å². The molecule has 0 heterocycles. The van der Waals surface area contributed by atoms with Crippen molar-refractivity contribution in [1.82, 2.24) is 5.23 Å². The quantitative estimate of drug-likeness (QED) is 0.456. The van der Waals surface area contributed by atoms with Crippen molar-refractivity contribution in [3.8, 4) is 0 Å². The molecule has 1 rings (SSSR count). The Morgan fingerprint density at radius 1 is 1.29 bits per heavy atom. The Balaban J connectivity index is 2.14. The van der Waals surface area contributed by atoms with E-state index in [0.717, 1.165) is 6.04 Å². The van der Waals surface area contributed by atoms with E-state index in [-0.39, 0.29) is 0 Å². The highest BCUT2D eigenvalue weighted by Gasteiger charge is 2.10. The summed E-state index contributed by atoms with van der Waals surface area (Å²) >= 11 is 0. The summed E-state index contributed by atoms with van der Waals surface area (Å²) in [6, 6.07) is 0.847. The fourth-order valence-electron chi connectivity index (χ4n) is 1.21. The van der Waals surface area contributed by atoms with Crippen molar-refractivity contribution in [1.29, 1.82) is 0 Å². The van der Waals surface area contributed by atoms with Gasteiger partial charge in [0.05, 0.1) is 0 Å². The van der Waals surface area contributed by atoms with Crippen molar-refractivity contribution in [3.05, 3.63) is 0 Å². The van der Waals surface area contributed by atoms with Crippen LogP contribution < -0.4 is 5.23 Å². The summed E-state index contributed by atoms with van der Waals surface area (Å²) in [6.07, 6.45) is 5.67. The van der Waals surface area contributed by atoms with Crippen LogP contribution in [0.15, 0.2) is 0 Å². The van der Waals surface area contributed by atoms with Gasteiger partial charge in [-0.2, -0.15) is 0 Å². The van der Waals surface area contributed by atoms with Gasteiger partial charge in [-0.3, -0.25) is 0 Å². The Kier molecular flexibility index (Phi) is 1.74. The van der Waals surface area contributed by atoms with E-state index in [0.29, 0.717) is 0 Å². The molecule has 1 fully saturated rings. The molecule has 2 heteroatoms. The van der Waals surface area contributed by atoms with Gasteiger partial charge < -0.3 is 5.23 Å². The summed E-state index contributed by atoms with van der Waals surface area (Å²) in [5, 5.41) is 3.26. The fraction of sp³-hybridized carbons (Fsp3) is 1.00. The molecule has 0 unspecified atom stereocenters. The summed E-state index contributed by atoms with van der Waals surface area (Å²) in [5.41, 5.74) is 0. The van der Waals surface area contributed by atoms with Gasteiger partial charge in [-0.25, -0.2) is 0 Å². The maximum atomic E-state index is 3.26. The lowest BCUT2D eigenvalue weighted by Crippen LogP contribution is -2.21. The van der Waals surface area contributed by atoms with Crippen molar-refractivity contribution in [2.24, 2.45) is 0 Å². The molecular weight excluding hydrogens is 84.9 g/mol. The minimum atomic E-state index is 0.847. The molecule has 0 aliphatic heterocycles. The Bertz CT molecular complexity index is 50.0. The van der Waals surface area contributed by atoms with Gasteiger partial charge in [-0.1, -0.05) is 12.8 Å². The average Bonchev–Trinajstić information content (AvgIpc) is 2.14. The molecule has 0 spiro atoms. The summed E-state index contributed by atoms with van der Waals surface area (Å²) < 4.78 is 0. The zero-order valence-electron chi connectivity index (χ0n) is 4.91. The maximum Gasteiger partial charge on any atom is 0.182 e. The first-order valence-electron chi connectivity index (χ1n) is 3.11. The van der Waals surface area contributed by atoms with Crippen molar-refractivity contribution < 1.29 is 0 Å². The van der Waals surface area contributed by atoms with Crippen LogP contribution in [-0.4, -0.2) is 14.0 Å². The van der Waals surface area contributed by atoms with Crippen LogP contribution in [-0.2, 0) is 0 Å². The van der Waals surface area contributed by atoms with Gasteiger partial charge in [0.2, 0.25) is 0 Å². The van der Waals surface area contributed by atoms with E-state index in [9.17, 15) is 0 Å². The van der Waals surface area contributed by atoms with Crippen LogP contribution in [0.4, 0.5) is 0 Å². The highest BCUT2D eigenvalue weighted by molar-refractivity contribution is 6.04. The molecule has 0 atom stereocenters.